The Bertz CT molecular complexity index is 4120. The zero-order valence-corrected chi connectivity index (χ0v) is 33.1. The van der Waals surface area contributed by atoms with Gasteiger partial charge in [0.25, 0.3) is 0 Å². The molecule has 0 saturated heterocycles. The van der Waals surface area contributed by atoms with E-state index in [4.69, 9.17) is 0 Å². The van der Waals surface area contributed by atoms with Crippen LogP contribution in [-0.2, 0) is 0 Å². The molecule has 286 valence electrons. The van der Waals surface area contributed by atoms with E-state index < -0.39 is 0 Å². The van der Waals surface area contributed by atoms with Crippen LogP contribution in [0.15, 0.2) is 188 Å². The largest absolute Gasteiger partial charge is 0.354 e. The first-order chi connectivity index (χ1) is 30.7. The van der Waals surface area contributed by atoms with Crippen molar-refractivity contribution in [3.8, 4) is 40.3 Å². The molecule has 1 N–H and O–H groups in total. The molecular formula is C56H32N6. The second-order valence-electron chi connectivity index (χ2n) is 16.0. The SMILES string of the molecule is N#Cc1cccc(-c2c(-n3c4ccccc4c4ccc5[nH]c6ccccc6c5c43)cc(C#N)cc2-n2c3ccccc3c3ccc4c(c5ccccc5n4-c4ccccc4)c32)c1. The number of aromatic amines is 1. The molecule has 9 aromatic carbocycles. The predicted molar refractivity (Wildman–Crippen MR) is 254 cm³/mol. The van der Waals surface area contributed by atoms with E-state index >= 15 is 0 Å². The van der Waals surface area contributed by atoms with Gasteiger partial charge >= 0.3 is 0 Å². The Kier molecular flexibility index (Phi) is 7.05. The Labute approximate surface area is 354 Å². The molecular weight excluding hydrogens is 757 g/mol. The summed E-state index contributed by atoms with van der Waals surface area (Å²) in [6.45, 7) is 0. The monoisotopic (exact) mass is 788 g/mol. The normalized spacial score (nSPS) is 11.8. The van der Waals surface area contributed by atoms with Crippen LogP contribution in [0.25, 0.3) is 115 Å². The molecule has 0 aliphatic carbocycles. The van der Waals surface area contributed by atoms with Crippen molar-refractivity contribution in [3.63, 3.8) is 0 Å². The van der Waals surface area contributed by atoms with E-state index in [1.807, 2.05) is 30.3 Å². The topological polar surface area (TPSA) is 78.2 Å². The number of nitriles is 2. The Balaban J connectivity index is 1.27. The summed E-state index contributed by atoms with van der Waals surface area (Å²) >= 11 is 0. The van der Waals surface area contributed by atoms with Crippen LogP contribution in [-0.4, -0.2) is 18.7 Å². The third-order valence-electron chi connectivity index (χ3n) is 12.8. The molecule has 0 unspecified atom stereocenters. The summed E-state index contributed by atoms with van der Waals surface area (Å²) in [6.07, 6.45) is 0. The Morgan fingerprint density at radius 3 is 1.61 bits per heavy atom. The van der Waals surface area contributed by atoms with Crippen LogP contribution in [0.3, 0.4) is 0 Å². The molecule has 6 nitrogen and oxygen atoms in total. The number of benzene rings is 9. The van der Waals surface area contributed by atoms with Crippen molar-refractivity contribution in [1.29, 1.82) is 10.5 Å². The molecule has 0 aliphatic rings. The zero-order valence-electron chi connectivity index (χ0n) is 33.1. The molecule has 0 bridgehead atoms. The van der Waals surface area contributed by atoms with E-state index in [1.165, 1.54) is 0 Å². The molecule has 13 aromatic rings. The van der Waals surface area contributed by atoms with Gasteiger partial charge in [-0.1, -0.05) is 115 Å². The maximum Gasteiger partial charge on any atom is 0.0993 e. The third kappa shape index (κ3) is 4.61. The number of nitrogens with one attached hydrogen (secondary N) is 1. The van der Waals surface area contributed by atoms with Gasteiger partial charge in [-0.2, -0.15) is 10.5 Å². The summed E-state index contributed by atoms with van der Waals surface area (Å²) in [5, 5.41) is 30.4. The molecule has 13 rings (SSSR count). The lowest BCUT2D eigenvalue weighted by molar-refractivity contribution is 1.14. The summed E-state index contributed by atoms with van der Waals surface area (Å²) in [4.78, 5) is 3.69. The minimum absolute atomic E-state index is 0.525. The second kappa shape index (κ2) is 12.8. The van der Waals surface area contributed by atoms with E-state index in [0.717, 1.165) is 115 Å². The predicted octanol–water partition coefficient (Wildman–Crippen LogP) is 14.0. The molecule has 0 aliphatic heterocycles. The highest BCUT2D eigenvalue weighted by molar-refractivity contribution is 6.28. The van der Waals surface area contributed by atoms with Crippen molar-refractivity contribution < 1.29 is 0 Å². The van der Waals surface area contributed by atoms with Crippen LogP contribution in [0.2, 0.25) is 0 Å². The molecule has 4 heterocycles. The number of nitrogens with zero attached hydrogens (tertiary/aromatic N) is 5. The summed E-state index contributed by atoms with van der Waals surface area (Å²) in [5.74, 6) is 0. The molecule has 0 amide bonds. The van der Waals surface area contributed by atoms with Crippen LogP contribution in [0.4, 0.5) is 0 Å². The lowest BCUT2D eigenvalue weighted by Crippen LogP contribution is -2.05. The number of para-hydroxylation sites is 5. The van der Waals surface area contributed by atoms with E-state index in [-0.39, 0.29) is 0 Å². The van der Waals surface area contributed by atoms with Crippen molar-refractivity contribution in [2.24, 2.45) is 0 Å². The Morgan fingerprint density at radius 2 is 0.935 bits per heavy atom. The number of aromatic nitrogens is 4. The average Bonchev–Trinajstić information content (AvgIpc) is 4.07. The molecule has 6 heteroatoms. The van der Waals surface area contributed by atoms with Gasteiger partial charge in [0.15, 0.2) is 0 Å². The van der Waals surface area contributed by atoms with Crippen molar-refractivity contribution in [2.75, 3.05) is 0 Å². The highest BCUT2D eigenvalue weighted by Crippen LogP contribution is 2.47. The first-order valence-corrected chi connectivity index (χ1v) is 20.7. The molecule has 4 aromatic heterocycles. The fraction of sp³-hybridized carbons (Fsp3) is 0. The maximum absolute atomic E-state index is 11.1. The second-order valence-corrected chi connectivity index (χ2v) is 16.0. The highest BCUT2D eigenvalue weighted by Gasteiger charge is 2.27. The first kappa shape index (κ1) is 34.1. The third-order valence-corrected chi connectivity index (χ3v) is 12.8. The minimum Gasteiger partial charge on any atom is -0.354 e. The number of rotatable bonds is 4. The van der Waals surface area contributed by atoms with Crippen LogP contribution in [0.1, 0.15) is 11.1 Å². The fourth-order valence-corrected chi connectivity index (χ4v) is 10.3. The Hall–Kier alpha value is -8.84. The highest BCUT2D eigenvalue weighted by atomic mass is 15.0. The van der Waals surface area contributed by atoms with Crippen molar-refractivity contribution in [3.05, 3.63) is 199 Å². The summed E-state index contributed by atoms with van der Waals surface area (Å²) in [5.41, 5.74) is 14.1. The maximum atomic E-state index is 11.1. The standard InChI is InChI=1S/C56H32N6/c57-32-34-13-12-14-36(29-34)52-50(61-46-22-9-5-17-38(46)40-25-27-45-53(55(40)61)42-19-4-8-21-44(42)59-45)30-35(33-58)31-51(52)62-47-23-10-6-18-39(47)41-26-28-49-54(56(41)62)43-20-7-11-24-48(43)60(49)37-15-2-1-3-16-37/h1-31,59H. The Morgan fingerprint density at radius 1 is 0.371 bits per heavy atom. The fourth-order valence-electron chi connectivity index (χ4n) is 10.3. The van der Waals surface area contributed by atoms with Crippen LogP contribution < -0.4 is 0 Å². The van der Waals surface area contributed by atoms with Gasteiger partial charge in [-0.25, -0.2) is 0 Å². The van der Waals surface area contributed by atoms with Crippen molar-refractivity contribution in [1.82, 2.24) is 18.7 Å². The zero-order chi connectivity index (χ0) is 41.1. The first-order valence-electron chi connectivity index (χ1n) is 20.7. The summed E-state index contributed by atoms with van der Waals surface area (Å²) < 4.78 is 7.09. The average molecular weight is 789 g/mol. The lowest BCUT2D eigenvalue weighted by atomic mass is 9.96. The minimum atomic E-state index is 0.525. The molecule has 0 saturated carbocycles. The lowest BCUT2D eigenvalue weighted by Gasteiger charge is -2.21. The van der Waals surface area contributed by atoms with Gasteiger partial charge in [-0.3, -0.25) is 0 Å². The molecule has 0 fully saturated rings. The van der Waals surface area contributed by atoms with Crippen LogP contribution in [0, 0.1) is 22.7 Å². The molecule has 0 atom stereocenters. The van der Waals surface area contributed by atoms with E-state index in [2.05, 4.69) is 189 Å². The van der Waals surface area contributed by atoms with Crippen molar-refractivity contribution >= 4 is 87.2 Å². The van der Waals surface area contributed by atoms with E-state index in [1.54, 1.807) is 0 Å². The number of hydrogen-bond acceptors (Lipinski definition) is 2. The van der Waals surface area contributed by atoms with Gasteiger partial charge in [0.05, 0.1) is 67.7 Å². The number of hydrogen-bond donors (Lipinski definition) is 1. The number of H-pyrrole nitrogens is 1. The summed E-state index contributed by atoms with van der Waals surface area (Å²) in [6, 6.07) is 70.6. The van der Waals surface area contributed by atoms with Crippen LogP contribution in [0.5, 0.6) is 0 Å². The smallest absolute Gasteiger partial charge is 0.0993 e. The van der Waals surface area contributed by atoms with Gasteiger partial charge in [-0.05, 0) is 78.4 Å². The van der Waals surface area contributed by atoms with E-state index in [0.29, 0.717) is 11.1 Å². The quantitative estimate of drug-likeness (QED) is 0.193. The molecule has 0 spiro atoms. The van der Waals surface area contributed by atoms with Crippen LogP contribution >= 0.6 is 0 Å². The van der Waals surface area contributed by atoms with E-state index in [9.17, 15) is 10.5 Å². The van der Waals surface area contributed by atoms with Gasteiger partial charge in [-0.15, -0.1) is 0 Å². The van der Waals surface area contributed by atoms with Gasteiger partial charge < -0.3 is 18.7 Å². The molecule has 0 radical (unpaired) electrons. The van der Waals surface area contributed by atoms with Gasteiger partial charge in [0.1, 0.15) is 0 Å². The molecule has 62 heavy (non-hydrogen) atoms. The number of fused-ring (bicyclic) bond motifs is 14. The van der Waals surface area contributed by atoms with Gasteiger partial charge in [0.2, 0.25) is 0 Å². The van der Waals surface area contributed by atoms with Gasteiger partial charge in [0, 0.05) is 65.4 Å². The summed E-state index contributed by atoms with van der Waals surface area (Å²) in [7, 11) is 0. The van der Waals surface area contributed by atoms with Crippen molar-refractivity contribution in [2.45, 2.75) is 0 Å².